The Bertz CT molecular complexity index is 255. The Morgan fingerprint density at radius 1 is 1.44 bits per heavy atom. The van der Waals surface area contributed by atoms with Crippen molar-refractivity contribution in [3.63, 3.8) is 0 Å². The maximum Gasteiger partial charge on any atom is 0.201 e. The molecule has 0 atom stereocenters. The third kappa shape index (κ3) is 0.595. The van der Waals surface area contributed by atoms with Crippen molar-refractivity contribution in [3.8, 4) is 0 Å². The molecule has 0 bridgehead atoms. The highest BCUT2D eigenvalue weighted by atomic mass is 15.2. The van der Waals surface area contributed by atoms with Crippen molar-refractivity contribution in [1.29, 1.82) is 0 Å². The van der Waals surface area contributed by atoms with Crippen LogP contribution in [-0.4, -0.2) is 10.2 Å². The van der Waals surface area contributed by atoms with Crippen molar-refractivity contribution in [2.75, 3.05) is 0 Å². The zero-order chi connectivity index (χ0) is 6.10. The molecule has 1 aromatic rings. The first-order valence-corrected chi connectivity index (χ1v) is 2.65. The van der Waals surface area contributed by atoms with Gasteiger partial charge < -0.3 is 0 Å². The molecule has 0 aliphatic carbocycles. The van der Waals surface area contributed by atoms with Gasteiger partial charge in [0.15, 0.2) is 0 Å². The molecule has 0 radical (unpaired) electrons. The Morgan fingerprint density at radius 2 is 2.44 bits per heavy atom. The maximum absolute atomic E-state index is 3.77. The molecule has 0 unspecified atom stereocenters. The molecule has 1 aliphatic heterocycles. The minimum Gasteiger partial charge on any atom is -0.182 e. The molecule has 4 nitrogen and oxygen atoms in total. The lowest BCUT2D eigenvalue weighted by Crippen LogP contribution is -1.81. The van der Waals surface area contributed by atoms with E-state index in [-0.39, 0.29) is 0 Å². The van der Waals surface area contributed by atoms with Gasteiger partial charge in [-0.25, -0.2) is 0 Å². The SMILES string of the molecule is c1cc2c(nn1)N=NC2. The van der Waals surface area contributed by atoms with Crippen LogP contribution in [0.15, 0.2) is 22.5 Å². The lowest BCUT2D eigenvalue weighted by molar-refractivity contribution is 1.02. The summed E-state index contributed by atoms with van der Waals surface area (Å²) in [6.07, 6.45) is 1.65. The summed E-state index contributed by atoms with van der Waals surface area (Å²) in [5.74, 6) is 0.664. The van der Waals surface area contributed by atoms with Crippen molar-refractivity contribution in [1.82, 2.24) is 10.2 Å². The molecule has 2 heterocycles. The van der Waals surface area contributed by atoms with Crippen LogP contribution in [0.2, 0.25) is 0 Å². The van der Waals surface area contributed by atoms with E-state index in [4.69, 9.17) is 0 Å². The van der Waals surface area contributed by atoms with Crippen molar-refractivity contribution in [2.45, 2.75) is 6.54 Å². The number of hydrogen-bond donors (Lipinski definition) is 0. The molecule has 4 heteroatoms. The number of aromatic nitrogens is 2. The van der Waals surface area contributed by atoms with Gasteiger partial charge in [-0.3, -0.25) is 0 Å². The van der Waals surface area contributed by atoms with Gasteiger partial charge in [0.25, 0.3) is 0 Å². The Kier molecular flexibility index (Phi) is 0.798. The summed E-state index contributed by atoms with van der Waals surface area (Å²) in [7, 11) is 0. The Hall–Kier alpha value is -1.32. The third-order valence-electron chi connectivity index (χ3n) is 1.19. The van der Waals surface area contributed by atoms with Gasteiger partial charge in [-0.1, -0.05) is 0 Å². The van der Waals surface area contributed by atoms with E-state index in [0.717, 1.165) is 5.56 Å². The number of hydrogen-bond acceptors (Lipinski definition) is 4. The largest absolute Gasteiger partial charge is 0.201 e. The molecule has 2 rings (SSSR count). The molecule has 9 heavy (non-hydrogen) atoms. The van der Waals surface area contributed by atoms with Crippen LogP contribution in [0.5, 0.6) is 0 Å². The zero-order valence-electron chi connectivity index (χ0n) is 4.65. The topological polar surface area (TPSA) is 50.5 Å². The van der Waals surface area contributed by atoms with E-state index in [9.17, 15) is 0 Å². The predicted octanol–water partition coefficient (Wildman–Crippen LogP) is 1.07. The van der Waals surface area contributed by atoms with E-state index in [1.807, 2.05) is 6.07 Å². The van der Waals surface area contributed by atoms with E-state index in [0.29, 0.717) is 12.4 Å². The highest BCUT2D eigenvalue weighted by Crippen LogP contribution is 2.21. The van der Waals surface area contributed by atoms with Crippen molar-refractivity contribution >= 4 is 5.82 Å². The summed E-state index contributed by atoms with van der Waals surface area (Å²) < 4.78 is 0. The number of rotatable bonds is 0. The van der Waals surface area contributed by atoms with Crippen molar-refractivity contribution in [2.24, 2.45) is 10.2 Å². The summed E-state index contributed by atoms with van der Waals surface area (Å²) in [4.78, 5) is 0. The molecular formula is C5H4N4. The molecule has 0 saturated heterocycles. The first kappa shape index (κ1) is 4.55. The first-order valence-electron chi connectivity index (χ1n) is 2.65. The molecule has 44 valence electrons. The zero-order valence-corrected chi connectivity index (χ0v) is 4.65. The number of fused-ring (bicyclic) bond motifs is 1. The fourth-order valence-electron chi connectivity index (χ4n) is 0.736. The molecule has 0 N–H and O–H groups in total. The number of nitrogens with zero attached hydrogens (tertiary/aromatic N) is 4. The molecule has 0 amide bonds. The second kappa shape index (κ2) is 1.58. The van der Waals surface area contributed by atoms with Crippen molar-refractivity contribution in [3.05, 3.63) is 17.8 Å². The van der Waals surface area contributed by atoms with Gasteiger partial charge in [0.05, 0.1) is 12.7 Å². The van der Waals surface area contributed by atoms with Crippen LogP contribution >= 0.6 is 0 Å². The van der Waals surface area contributed by atoms with E-state index < -0.39 is 0 Å². The maximum atomic E-state index is 3.77. The second-order valence-corrected chi connectivity index (χ2v) is 1.78. The second-order valence-electron chi connectivity index (χ2n) is 1.78. The van der Waals surface area contributed by atoms with Gasteiger partial charge in [0.2, 0.25) is 5.82 Å². The Labute approximate surface area is 51.6 Å². The van der Waals surface area contributed by atoms with Gasteiger partial charge in [-0.2, -0.15) is 10.2 Å². The van der Waals surface area contributed by atoms with Gasteiger partial charge in [-0.15, -0.1) is 10.2 Å². The summed E-state index contributed by atoms with van der Waals surface area (Å²) >= 11 is 0. The van der Waals surface area contributed by atoms with Gasteiger partial charge in [-0.05, 0) is 6.07 Å². The summed E-state index contributed by atoms with van der Waals surface area (Å²) in [6.45, 7) is 0.658. The standard InChI is InChI=1S/C5H4N4/c1-2-6-8-5-4(1)3-7-9-5/h1-2H,3H2. The summed E-state index contributed by atoms with van der Waals surface area (Å²) in [5, 5.41) is 14.9. The fraction of sp³-hybridized carbons (Fsp3) is 0.200. The van der Waals surface area contributed by atoms with E-state index in [1.165, 1.54) is 0 Å². The molecule has 0 saturated carbocycles. The number of azo groups is 1. The van der Waals surface area contributed by atoms with Crippen LogP contribution in [-0.2, 0) is 6.54 Å². The molecule has 1 aliphatic rings. The van der Waals surface area contributed by atoms with E-state index >= 15 is 0 Å². The third-order valence-corrected chi connectivity index (χ3v) is 1.19. The van der Waals surface area contributed by atoms with Crippen LogP contribution in [0.4, 0.5) is 5.82 Å². The summed E-state index contributed by atoms with van der Waals surface area (Å²) in [6, 6.07) is 1.88. The Morgan fingerprint density at radius 3 is 3.33 bits per heavy atom. The molecular weight excluding hydrogens is 116 g/mol. The molecule has 0 fully saturated rings. The Balaban J connectivity index is 2.63. The monoisotopic (exact) mass is 120 g/mol. The average molecular weight is 120 g/mol. The highest BCUT2D eigenvalue weighted by molar-refractivity contribution is 5.37. The predicted molar refractivity (Wildman–Crippen MR) is 30.3 cm³/mol. The van der Waals surface area contributed by atoms with Crippen LogP contribution in [0, 0.1) is 0 Å². The van der Waals surface area contributed by atoms with Crippen molar-refractivity contribution < 1.29 is 0 Å². The van der Waals surface area contributed by atoms with Gasteiger partial charge in [0, 0.05) is 5.56 Å². The van der Waals surface area contributed by atoms with Gasteiger partial charge in [0.1, 0.15) is 0 Å². The molecule has 0 aromatic carbocycles. The van der Waals surface area contributed by atoms with Crippen LogP contribution in [0.1, 0.15) is 5.56 Å². The average Bonchev–Trinajstić information content (AvgIpc) is 2.33. The van der Waals surface area contributed by atoms with Crippen LogP contribution in [0.25, 0.3) is 0 Å². The lowest BCUT2D eigenvalue weighted by Gasteiger charge is -1.86. The van der Waals surface area contributed by atoms with E-state index in [1.54, 1.807) is 6.20 Å². The highest BCUT2D eigenvalue weighted by Gasteiger charge is 2.06. The summed E-state index contributed by atoms with van der Waals surface area (Å²) in [5.41, 5.74) is 1.06. The van der Waals surface area contributed by atoms with Gasteiger partial charge >= 0.3 is 0 Å². The first-order chi connectivity index (χ1) is 4.47. The minimum absolute atomic E-state index is 0.658. The van der Waals surface area contributed by atoms with Crippen LogP contribution < -0.4 is 0 Å². The smallest absolute Gasteiger partial charge is 0.182 e. The molecule has 0 spiro atoms. The normalized spacial score (nSPS) is 13.8. The quantitative estimate of drug-likeness (QED) is 0.514. The van der Waals surface area contributed by atoms with Crippen LogP contribution in [0.3, 0.4) is 0 Å². The lowest BCUT2D eigenvalue weighted by atomic mass is 10.3. The van der Waals surface area contributed by atoms with E-state index in [2.05, 4.69) is 20.4 Å². The fourth-order valence-corrected chi connectivity index (χ4v) is 0.736. The molecule has 1 aromatic heterocycles. The minimum atomic E-state index is 0.658.